The van der Waals surface area contributed by atoms with Gasteiger partial charge in [0.15, 0.2) is 0 Å². The standard InChI is InChI=1S/C28H33F2N3O4/c1-28(2,3)37-27(36)32-23(17-9-5-4-6-10-17)26(35)33-15-18-11-7-12-19(20(18)16-33)25(34)31-24-21(29)13-8-14-22(24)30/h7-8,11-14,17,23H,4-6,9-10,15-16H2,1-3H3,(H,31,34)(H,32,36)/t23-/m0/s1. The number of nitrogens with zero attached hydrogens (tertiary/aromatic N) is 1. The number of amides is 3. The van der Waals surface area contributed by atoms with E-state index < -0.39 is 41.0 Å². The van der Waals surface area contributed by atoms with E-state index in [1.54, 1.807) is 37.8 Å². The highest BCUT2D eigenvalue weighted by atomic mass is 19.1. The Morgan fingerprint density at radius 2 is 1.62 bits per heavy atom. The van der Waals surface area contributed by atoms with E-state index in [4.69, 9.17) is 4.74 Å². The van der Waals surface area contributed by atoms with Crippen molar-refractivity contribution in [3.8, 4) is 0 Å². The summed E-state index contributed by atoms with van der Waals surface area (Å²) < 4.78 is 33.6. The fourth-order valence-electron chi connectivity index (χ4n) is 5.07. The van der Waals surface area contributed by atoms with Gasteiger partial charge in [-0.3, -0.25) is 9.59 Å². The molecule has 2 aromatic rings. The maximum atomic E-state index is 14.1. The first-order chi connectivity index (χ1) is 17.5. The highest BCUT2D eigenvalue weighted by molar-refractivity contribution is 6.06. The topological polar surface area (TPSA) is 87.7 Å². The van der Waals surface area contributed by atoms with Crippen LogP contribution in [0.25, 0.3) is 0 Å². The van der Waals surface area contributed by atoms with Crippen LogP contribution in [-0.4, -0.2) is 34.5 Å². The molecule has 0 spiro atoms. The Bertz CT molecular complexity index is 1170. The maximum Gasteiger partial charge on any atom is 0.408 e. The van der Waals surface area contributed by atoms with Gasteiger partial charge in [0.1, 0.15) is 29.0 Å². The van der Waals surface area contributed by atoms with E-state index in [9.17, 15) is 23.2 Å². The van der Waals surface area contributed by atoms with E-state index in [1.807, 2.05) is 6.07 Å². The van der Waals surface area contributed by atoms with Crippen molar-refractivity contribution in [2.24, 2.45) is 5.92 Å². The van der Waals surface area contributed by atoms with Gasteiger partial charge in [-0.15, -0.1) is 0 Å². The minimum atomic E-state index is -0.874. The molecule has 3 amide bonds. The molecule has 0 bridgehead atoms. The SMILES string of the molecule is CC(C)(C)OC(=O)N[C@H](C(=O)N1Cc2cccc(C(=O)Nc3c(F)cccc3F)c2C1)C1CCCCC1. The van der Waals surface area contributed by atoms with Crippen molar-refractivity contribution < 1.29 is 27.9 Å². The number of benzene rings is 2. The predicted octanol–water partition coefficient (Wildman–Crippen LogP) is 5.53. The van der Waals surface area contributed by atoms with Gasteiger partial charge >= 0.3 is 6.09 Å². The van der Waals surface area contributed by atoms with Crippen LogP contribution in [0.4, 0.5) is 19.3 Å². The number of rotatable bonds is 5. The third kappa shape index (κ3) is 6.26. The number of para-hydroxylation sites is 1. The Kier molecular flexibility index (Phi) is 7.80. The lowest BCUT2D eigenvalue weighted by atomic mass is 9.83. The number of hydrogen-bond donors (Lipinski definition) is 2. The molecule has 4 rings (SSSR count). The minimum absolute atomic E-state index is 0.00993. The molecule has 0 radical (unpaired) electrons. The summed E-state index contributed by atoms with van der Waals surface area (Å²) in [4.78, 5) is 40.9. The normalized spacial score (nSPS) is 16.6. The third-order valence-electron chi connectivity index (χ3n) is 6.80. The van der Waals surface area contributed by atoms with Crippen LogP contribution in [0.15, 0.2) is 36.4 Å². The molecule has 1 aliphatic heterocycles. The second-order valence-electron chi connectivity index (χ2n) is 10.7. The highest BCUT2D eigenvalue weighted by Crippen LogP contribution is 2.32. The van der Waals surface area contributed by atoms with Gasteiger partial charge in [-0.05, 0) is 68.9 Å². The average molecular weight is 514 g/mol. The molecule has 2 N–H and O–H groups in total. The first kappa shape index (κ1) is 26.6. The summed E-state index contributed by atoms with van der Waals surface area (Å²) in [7, 11) is 0. The molecule has 7 nitrogen and oxygen atoms in total. The van der Waals surface area contributed by atoms with Gasteiger partial charge in [-0.2, -0.15) is 0 Å². The van der Waals surface area contributed by atoms with Crippen LogP contribution in [0, 0.1) is 17.6 Å². The third-order valence-corrected chi connectivity index (χ3v) is 6.80. The Balaban J connectivity index is 1.53. The smallest absolute Gasteiger partial charge is 0.408 e. The second-order valence-corrected chi connectivity index (χ2v) is 10.7. The number of carbonyl (C=O) groups is 3. The molecule has 1 aliphatic carbocycles. The molecule has 198 valence electrons. The van der Waals surface area contributed by atoms with Crippen LogP contribution in [-0.2, 0) is 22.6 Å². The van der Waals surface area contributed by atoms with Gasteiger partial charge in [0, 0.05) is 18.7 Å². The van der Waals surface area contributed by atoms with Crippen molar-refractivity contribution in [2.75, 3.05) is 5.32 Å². The van der Waals surface area contributed by atoms with Crippen molar-refractivity contribution >= 4 is 23.6 Å². The molecule has 0 unspecified atom stereocenters. The number of nitrogens with one attached hydrogen (secondary N) is 2. The van der Waals surface area contributed by atoms with Crippen molar-refractivity contribution in [1.82, 2.24) is 10.2 Å². The lowest BCUT2D eigenvalue weighted by molar-refractivity contribution is -0.135. The Labute approximate surface area is 215 Å². The Morgan fingerprint density at radius 3 is 2.27 bits per heavy atom. The van der Waals surface area contributed by atoms with E-state index in [2.05, 4.69) is 10.6 Å². The van der Waals surface area contributed by atoms with Gasteiger partial charge in [0.05, 0.1) is 0 Å². The molecule has 37 heavy (non-hydrogen) atoms. The van der Waals surface area contributed by atoms with E-state index in [-0.39, 0.29) is 30.5 Å². The number of alkyl carbamates (subject to hydrolysis) is 1. The van der Waals surface area contributed by atoms with Gasteiger partial charge < -0.3 is 20.3 Å². The lowest BCUT2D eigenvalue weighted by Gasteiger charge is -2.33. The van der Waals surface area contributed by atoms with Gasteiger partial charge in [-0.25, -0.2) is 13.6 Å². The Morgan fingerprint density at radius 1 is 0.973 bits per heavy atom. The quantitative estimate of drug-likeness (QED) is 0.550. The molecule has 0 saturated heterocycles. The highest BCUT2D eigenvalue weighted by Gasteiger charge is 2.37. The molecule has 1 saturated carbocycles. The summed E-state index contributed by atoms with van der Waals surface area (Å²) in [6.45, 7) is 5.71. The van der Waals surface area contributed by atoms with Gasteiger partial charge in [-0.1, -0.05) is 37.5 Å². The zero-order valence-electron chi connectivity index (χ0n) is 21.4. The number of hydrogen-bond acceptors (Lipinski definition) is 4. The van der Waals surface area contributed by atoms with Crippen molar-refractivity contribution in [2.45, 2.75) is 77.6 Å². The molecular formula is C28H33F2N3O4. The zero-order valence-corrected chi connectivity index (χ0v) is 21.4. The van der Waals surface area contributed by atoms with Crippen LogP contribution in [0.3, 0.4) is 0 Å². The van der Waals surface area contributed by atoms with Crippen molar-refractivity contribution in [3.63, 3.8) is 0 Å². The molecule has 2 aliphatic rings. The molecule has 1 atom stereocenters. The monoisotopic (exact) mass is 513 g/mol. The molecule has 2 aromatic carbocycles. The largest absolute Gasteiger partial charge is 0.444 e. The summed E-state index contributed by atoms with van der Waals surface area (Å²) in [5, 5.41) is 5.14. The predicted molar refractivity (Wildman–Crippen MR) is 135 cm³/mol. The number of halogens is 2. The summed E-state index contributed by atoms with van der Waals surface area (Å²) in [5.41, 5.74) is 0.410. The van der Waals surface area contributed by atoms with Crippen LogP contribution in [0.2, 0.25) is 0 Å². The number of carbonyl (C=O) groups excluding carboxylic acids is 3. The van der Waals surface area contributed by atoms with Crippen LogP contribution in [0.1, 0.15) is 74.4 Å². The minimum Gasteiger partial charge on any atom is -0.444 e. The molecule has 1 heterocycles. The molecule has 9 heteroatoms. The fourth-order valence-corrected chi connectivity index (χ4v) is 5.07. The molecular weight excluding hydrogens is 480 g/mol. The summed E-state index contributed by atoms with van der Waals surface area (Å²) in [6.07, 6.45) is 4.09. The number of ether oxygens (including phenoxy) is 1. The maximum absolute atomic E-state index is 14.1. The summed E-state index contributed by atoms with van der Waals surface area (Å²) in [5.74, 6) is -2.65. The van der Waals surface area contributed by atoms with E-state index >= 15 is 0 Å². The lowest BCUT2D eigenvalue weighted by Crippen LogP contribution is -2.52. The van der Waals surface area contributed by atoms with Gasteiger partial charge in [0.25, 0.3) is 5.91 Å². The van der Waals surface area contributed by atoms with Crippen molar-refractivity contribution in [1.29, 1.82) is 0 Å². The zero-order chi connectivity index (χ0) is 26.7. The Hall–Kier alpha value is -3.49. The van der Waals surface area contributed by atoms with E-state index in [0.717, 1.165) is 49.8 Å². The van der Waals surface area contributed by atoms with Crippen LogP contribution >= 0.6 is 0 Å². The van der Waals surface area contributed by atoms with Crippen LogP contribution < -0.4 is 10.6 Å². The molecule has 1 fully saturated rings. The summed E-state index contributed by atoms with van der Waals surface area (Å²) in [6, 6.07) is 7.68. The fraction of sp³-hybridized carbons (Fsp3) is 0.464. The summed E-state index contributed by atoms with van der Waals surface area (Å²) >= 11 is 0. The average Bonchev–Trinajstić information content (AvgIpc) is 3.28. The number of fused-ring (bicyclic) bond motifs is 1. The van der Waals surface area contributed by atoms with Crippen LogP contribution in [0.5, 0.6) is 0 Å². The van der Waals surface area contributed by atoms with Gasteiger partial charge in [0.2, 0.25) is 5.91 Å². The number of anilines is 1. The first-order valence-electron chi connectivity index (χ1n) is 12.7. The van der Waals surface area contributed by atoms with E-state index in [0.29, 0.717) is 5.56 Å². The van der Waals surface area contributed by atoms with E-state index in [1.165, 1.54) is 6.07 Å². The van der Waals surface area contributed by atoms with Crippen molar-refractivity contribution in [3.05, 3.63) is 64.7 Å². The second kappa shape index (κ2) is 10.9. The first-order valence-corrected chi connectivity index (χ1v) is 12.7. The molecule has 0 aromatic heterocycles.